The zero-order chi connectivity index (χ0) is 12.3. The molecule has 2 rings (SSSR count). The lowest BCUT2D eigenvalue weighted by atomic mass is 10.0. The molecule has 0 heterocycles. The maximum absolute atomic E-state index is 9.08. The summed E-state index contributed by atoms with van der Waals surface area (Å²) in [5.41, 5.74) is 1.26. The van der Waals surface area contributed by atoms with Crippen molar-refractivity contribution in [1.82, 2.24) is 5.32 Å². The van der Waals surface area contributed by atoms with Crippen molar-refractivity contribution in [2.75, 3.05) is 0 Å². The van der Waals surface area contributed by atoms with E-state index < -0.39 is 0 Å². The molecule has 1 aliphatic rings. The molecular formula is C14H17BrN2. The Labute approximate surface area is 111 Å². The SMILES string of the molecule is C[C@@H](NC1CCCC1C#N)c1ccccc1Br. The number of hydrogen-bond acceptors (Lipinski definition) is 2. The van der Waals surface area contributed by atoms with E-state index in [1.807, 2.05) is 6.07 Å². The fraction of sp³-hybridized carbons (Fsp3) is 0.500. The summed E-state index contributed by atoms with van der Waals surface area (Å²) in [5, 5.41) is 12.7. The monoisotopic (exact) mass is 292 g/mol. The van der Waals surface area contributed by atoms with Crippen LogP contribution in [0.4, 0.5) is 0 Å². The van der Waals surface area contributed by atoms with Gasteiger partial charge in [-0.2, -0.15) is 5.26 Å². The van der Waals surface area contributed by atoms with Gasteiger partial charge in [-0.05, 0) is 31.4 Å². The number of rotatable bonds is 3. The summed E-state index contributed by atoms with van der Waals surface area (Å²) >= 11 is 3.57. The molecule has 17 heavy (non-hydrogen) atoms. The summed E-state index contributed by atoms with van der Waals surface area (Å²) in [6.07, 6.45) is 3.32. The Morgan fingerprint density at radius 1 is 1.41 bits per heavy atom. The van der Waals surface area contributed by atoms with Crippen LogP contribution in [0.1, 0.15) is 37.8 Å². The van der Waals surface area contributed by atoms with Crippen molar-refractivity contribution in [2.45, 2.75) is 38.3 Å². The third-order valence-electron chi connectivity index (χ3n) is 3.52. The second-order valence-electron chi connectivity index (χ2n) is 4.68. The van der Waals surface area contributed by atoms with E-state index >= 15 is 0 Å². The Kier molecular flexibility index (Phi) is 4.20. The third kappa shape index (κ3) is 2.88. The van der Waals surface area contributed by atoms with Crippen LogP contribution >= 0.6 is 15.9 Å². The van der Waals surface area contributed by atoms with E-state index in [0.29, 0.717) is 6.04 Å². The van der Waals surface area contributed by atoms with Gasteiger partial charge in [0.2, 0.25) is 0 Å². The fourth-order valence-corrected chi connectivity index (χ4v) is 3.18. The van der Waals surface area contributed by atoms with Gasteiger partial charge in [0, 0.05) is 16.6 Å². The van der Waals surface area contributed by atoms with Crippen molar-refractivity contribution in [3.63, 3.8) is 0 Å². The lowest BCUT2D eigenvalue weighted by Gasteiger charge is -2.22. The van der Waals surface area contributed by atoms with Gasteiger partial charge < -0.3 is 5.32 Å². The van der Waals surface area contributed by atoms with E-state index in [1.165, 1.54) is 12.0 Å². The summed E-state index contributed by atoms with van der Waals surface area (Å²) in [5.74, 6) is 0.180. The molecule has 3 atom stereocenters. The van der Waals surface area contributed by atoms with Gasteiger partial charge in [0.15, 0.2) is 0 Å². The predicted octanol–water partition coefficient (Wildman–Crippen LogP) is 3.79. The van der Waals surface area contributed by atoms with E-state index in [2.05, 4.69) is 52.4 Å². The van der Waals surface area contributed by atoms with Crippen LogP contribution in [0.25, 0.3) is 0 Å². The zero-order valence-corrected chi connectivity index (χ0v) is 11.6. The minimum atomic E-state index is 0.180. The van der Waals surface area contributed by atoms with Crippen molar-refractivity contribution in [2.24, 2.45) is 5.92 Å². The van der Waals surface area contributed by atoms with Crippen molar-refractivity contribution in [3.05, 3.63) is 34.3 Å². The van der Waals surface area contributed by atoms with Gasteiger partial charge in [-0.25, -0.2) is 0 Å². The van der Waals surface area contributed by atoms with E-state index in [0.717, 1.165) is 17.3 Å². The largest absolute Gasteiger partial charge is 0.306 e. The van der Waals surface area contributed by atoms with Crippen LogP contribution in [-0.2, 0) is 0 Å². The normalized spacial score (nSPS) is 25.5. The number of halogens is 1. The molecule has 1 fully saturated rings. The second-order valence-corrected chi connectivity index (χ2v) is 5.54. The number of nitrogens with zero attached hydrogens (tertiary/aromatic N) is 1. The van der Waals surface area contributed by atoms with E-state index in [-0.39, 0.29) is 12.0 Å². The number of hydrogen-bond donors (Lipinski definition) is 1. The molecule has 2 unspecified atom stereocenters. The minimum absolute atomic E-state index is 0.180. The van der Waals surface area contributed by atoms with Crippen LogP contribution in [-0.4, -0.2) is 6.04 Å². The summed E-state index contributed by atoms with van der Waals surface area (Å²) in [4.78, 5) is 0. The average molecular weight is 293 g/mol. The Bertz CT molecular complexity index is 424. The summed E-state index contributed by atoms with van der Waals surface area (Å²) in [7, 11) is 0. The Balaban J connectivity index is 2.05. The molecule has 0 bridgehead atoms. The van der Waals surface area contributed by atoms with Gasteiger partial charge in [0.05, 0.1) is 12.0 Å². The molecule has 3 heteroatoms. The van der Waals surface area contributed by atoms with E-state index in [9.17, 15) is 0 Å². The van der Waals surface area contributed by atoms with Crippen LogP contribution in [0, 0.1) is 17.2 Å². The van der Waals surface area contributed by atoms with Crippen LogP contribution in [0.15, 0.2) is 28.7 Å². The zero-order valence-electron chi connectivity index (χ0n) is 9.99. The first-order valence-corrected chi connectivity index (χ1v) is 6.91. The number of nitrogens with one attached hydrogen (secondary N) is 1. The van der Waals surface area contributed by atoms with Crippen molar-refractivity contribution in [3.8, 4) is 6.07 Å². The molecule has 2 nitrogen and oxygen atoms in total. The molecule has 0 aliphatic heterocycles. The first-order chi connectivity index (χ1) is 8.22. The molecule has 0 amide bonds. The molecular weight excluding hydrogens is 276 g/mol. The van der Waals surface area contributed by atoms with Gasteiger partial charge in [-0.3, -0.25) is 0 Å². The minimum Gasteiger partial charge on any atom is -0.306 e. The Morgan fingerprint density at radius 2 is 2.18 bits per heavy atom. The highest BCUT2D eigenvalue weighted by Crippen LogP contribution is 2.29. The topological polar surface area (TPSA) is 35.8 Å². The molecule has 1 aromatic carbocycles. The molecule has 1 saturated carbocycles. The molecule has 90 valence electrons. The highest BCUT2D eigenvalue weighted by Gasteiger charge is 2.28. The van der Waals surface area contributed by atoms with E-state index in [1.54, 1.807) is 0 Å². The van der Waals surface area contributed by atoms with Gasteiger partial charge >= 0.3 is 0 Å². The summed E-state index contributed by atoms with van der Waals surface area (Å²) < 4.78 is 1.13. The third-order valence-corrected chi connectivity index (χ3v) is 4.24. The van der Waals surface area contributed by atoms with Crippen LogP contribution in [0.3, 0.4) is 0 Å². The van der Waals surface area contributed by atoms with Crippen LogP contribution in [0.5, 0.6) is 0 Å². The standard InChI is InChI=1S/C14H17BrN2/c1-10(12-6-2-3-7-13(12)15)17-14-8-4-5-11(14)9-16/h2-3,6-7,10-11,14,17H,4-5,8H2,1H3/t10-,11?,14?/m1/s1. The first-order valence-electron chi connectivity index (χ1n) is 6.12. The number of benzene rings is 1. The molecule has 1 aliphatic carbocycles. The van der Waals surface area contributed by atoms with Gasteiger partial charge in [-0.15, -0.1) is 0 Å². The molecule has 1 aromatic rings. The van der Waals surface area contributed by atoms with Crippen molar-refractivity contribution < 1.29 is 0 Å². The molecule has 1 N–H and O–H groups in total. The smallest absolute Gasteiger partial charge is 0.0672 e. The van der Waals surface area contributed by atoms with Gasteiger partial charge in [0.25, 0.3) is 0 Å². The fourth-order valence-electron chi connectivity index (χ4n) is 2.55. The van der Waals surface area contributed by atoms with Gasteiger partial charge in [-0.1, -0.05) is 40.5 Å². The van der Waals surface area contributed by atoms with Crippen LogP contribution < -0.4 is 5.32 Å². The average Bonchev–Trinajstić information content (AvgIpc) is 2.76. The second kappa shape index (κ2) is 5.66. The lowest BCUT2D eigenvalue weighted by molar-refractivity contribution is 0.417. The quantitative estimate of drug-likeness (QED) is 0.920. The lowest BCUT2D eigenvalue weighted by Crippen LogP contribution is -2.34. The molecule has 0 saturated heterocycles. The highest BCUT2D eigenvalue weighted by molar-refractivity contribution is 9.10. The first kappa shape index (κ1) is 12.6. The summed E-state index contributed by atoms with van der Waals surface area (Å²) in [6, 6.07) is 11.3. The Morgan fingerprint density at radius 3 is 2.88 bits per heavy atom. The maximum atomic E-state index is 9.08. The van der Waals surface area contributed by atoms with Gasteiger partial charge in [0.1, 0.15) is 0 Å². The summed E-state index contributed by atoms with van der Waals surface area (Å²) in [6.45, 7) is 2.16. The van der Waals surface area contributed by atoms with Crippen molar-refractivity contribution in [1.29, 1.82) is 5.26 Å². The predicted molar refractivity (Wildman–Crippen MR) is 72.4 cm³/mol. The van der Waals surface area contributed by atoms with Crippen molar-refractivity contribution >= 4 is 15.9 Å². The molecule has 0 radical (unpaired) electrons. The maximum Gasteiger partial charge on any atom is 0.0672 e. The highest BCUT2D eigenvalue weighted by atomic mass is 79.9. The molecule has 0 spiro atoms. The van der Waals surface area contributed by atoms with Crippen LogP contribution in [0.2, 0.25) is 0 Å². The Hall–Kier alpha value is -0.850. The number of nitriles is 1. The van der Waals surface area contributed by atoms with E-state index in [4.69, 9.17) is 5.26 Å². The molecule has 0 aromatic heterocycles.